The third-order valence-electron chi connectivity index (χ3n) is 4.00. The number of carbonyl (C=O) groups excluding carboxylic acids is 2. The highest BCUT2D eigenvalue weighted by Gasteiger charge is 2.27. The maximum absolute atomic E-state index is 12.2. The zero-order chi connectivity index (χ0) is 16.5. The Balaban J connectivity index is 1.69. The van der Waals surface area contributed by atoms with Crippen molar-refractivity contribution in [2.24, 2.45) is 5.92 Å². The first kappa shape index (κ1) is 17.3. The number of amides is 2. The molecule has 1 saturated heterocycles. The zero-order valence-electron chi connectivity index (χ0n) is 13.6. The monoisotopic (exact) mass is 319 g/mol. The summed E-state index contributed by atoms with van der Waals surface area (Å²) in [5, 5.41) is 5.91. The Morgan fingerprint density at radius 1 is 1.17 bits per heavy atom. The summed E-state index contributed by atoms with van der Waals surface area (Å²) < 4.78 is 5.48. The van der Waals surface area contributed by atoms with Gasteiger partial charge in [-0.15, -0.1) is 0 Å². The van der Waals surface area contributed by atoms with Crippen molar-refractivity contribution in [3.05, 3.63) is 30.3 Å². The van der Waals surface area contributed by atoms with Gasteiger partial charge in [-0.25, -0.2) is 0 Å². The molecule has 0 radical (unpaired) electrons. The molecule has 6 heteroatoms. The van der Waals surface area contributed by atoms with Crippen molar-refractivity contribution < 1.29 is 14.3 Å². The number of benzene rings is 1. The van der Waals surface area contributed by atoms with Gasteiger partial charge in [-0.05, 0) is 32.0 Å². The highest BCUT2D eigenvalue weighted by Crippen LogP contribution is 2.17. The summed E-state index contributed by atoms with van der Waals surface area (Å²) in [6, 6.07) is 9.31. The third-order valence-corrected chi connectivity index (χ3v) is 4.00. The van der Waals surface area contributed by atoms with E-state index in [1.165, 1.54) is 0 Å². The number of likely N-dealkylation sites (N-methyl/N-ethyl adjacent to an activating group) is 1. The van der Waals surface area contributed by atoms with E-state index in [9.17, 15) is 9.59 Å². The van der Waals surface area contributed by atoms with Crippen LogP contribution in [0.15, 0.2) is 30.3 Å². The smallest absolute Gasteiger partial charge is 0.260 e. The second-order valence-corrected chi connectivity index (χ2v) is 5.65. The molecule has 0 atom stereocenters. The Morgan fingerprint density at radius 2 is 1.87 bits per heavy atom. The summed E-state index contributed by atoms with van der Waals surface area (Å²) in [7, 11) is 1.85. The summed E-state index contributed by atoms with van der Waals surface area (Å²) in [4.78, 5) is 25.9. The number of nitrogens with zero attached hydrogens (tertiary/aromatic N) is 1. The topological polar surface area (TPSA) is 70.7 Å². The van der Waals surface area contributed by atoms with Gasteiger partial charge in [0.1, 0.15) is 5.75 Å². The van der Waals surface area contributed by atoms with E-state index < -0.39 is 0 Å². The van der Waals surface area contributed by atoms with Crippen molar-refractivity contribution in [2.45, 2.75) is 12.8 Å². The summed E-state index contributed by atoms with van der Waals surface area (Å²) in [6.45, 7) is 2.67. The van der Waals surface area contributed by atoms with E-state index in [0.717, 1.165) is 6.54 Å². The SMILES string of the molecule is CNCCNC(=O)C1CCN(C(=O)COc2ccccc2)CC1. The Labute approximate surface area is 137 Å². The molecule has 0 saturated carbocycles. The molecular formula is C17H25N3O3. The van der Waals surface area contributed by atoms with Gasteiger partial charge in [-0.2, -0.15) is 0 Å². The van der Waals surface area contributed by atoms with Crippen LogP contribution < -0.4 is 15.4 Å². The van der Waals surface area contributed by atoms with Gasteiger partial charge in [0.2, 0.25) is 5.91 Å². The van der Waals surface area contributed by atoms with Gasteiger partial charge in [-0.3, -0.25) is 9.59 Å². The number of hydrogen-bond donors (Lipinski definition) is 2. The molecule has 2 N–H and O–H groups in total. The molecule has 2 amide bonds. The lowest BCUT2D eigenvalue weighted by Crippen LogP contribution is -2.45. The van der Waals surface area contributed by atoms with Crippen LogP contribution in [-0.2, 0) is 9.59 Å². The van der Waals surface area contributed by atoms with Crippen LogP contribution in [0.4, 0.5) is 0 Å². The van der Waals surface area contributed by atoms with Crippen molar-refractivity contribution in [3.63, 3.8) is 0 Å². The molecule has 0 spiro atoms. The molecule has 0 unspecified atom stereocenters. The van der Waals surface area contributed by atoms with Crippen LogP contribution in [-0.4, -0.2) is 56.5 Å². The van der Waals surface area contributed by atoms with E-state index in [4.69, 9.17) is 4.74 Å². The van der Waals surface area contributed by atoms with Gasteiger partial charge in [0.25, 0.3) is 5.91 Å². The molecule has 1 aliphatic rings. The van der Waals surface area contributed by atoms with Crippen molar-refractivity contribution in [3.8, 4) is 5.75 Å². The summed E-state index contributed by atoms with van der Waals surface area (Å²) in [5.74, 6) is 0.765. The van der Waals surface area contributed by atoms with Gasteiger partial charge in [0.05, 0.1) is 0 Å². The molecular weight excluding hydrogens is 294 g/mol. The number of piperidine rings is 1. The van der Waals surface area contributed by atoms with Crippen LogP contribution in [0.25, 0.3) is 0 Å². The maximum Gasteiger partial charge on any atom is 0.260 e. The molecule has 6 nitrogen and oxygen atoms in total. The minimum atomic E-state index is -0.0251. The predicted molar refractivity (Wildman–Crippen MR) is 88.2 cm³/mol. The zero-order valence-corrected chi connectivity index (χ0v) is 13.6. The minimum Gasteiger partial charge on any atom is -0.484 e. The first-order valence-electron chi connectivity index (χ1n) is 8.08. The quantitative estimate of drug-likeness (QED) is 0.724. The minimum absolute atomic E-state index is 0.00551. The highest BCUT2D eigenvalue weighted by molar-refractivity contribution is 5.80. The van der Waals surface area contributed by atoms with Crippen LogP contribution >= 0.6 is 0 Å². The van der Waals surface area contributed by atoms with E-state index in [1.54, 1.807) is 4.90 Å². The fourth-order valence-corrected chi connectivity index (χ4v) is 2.60. The van der Waals surface area contributed by atoms with Gasteiger partial charge in [-0.1, -0.05) is 18.2 Å². The average molecular weight is 319 g/mol. The number of hydrogen-bond acceptors (Lipinski definition) is 4. The molecule has 1 aliphatic heterocycles. The first-order chi connectivity index (χ1) is 11.2. The lowest BCUT2D eigenvalue weighted by atomic mass is 9.96. The molecule has 1 aromatic carbocycles. The van der Waals surface area contributed by atoms with Gasteiger partial charge in [0, 0.05) is 32.1 Å². The predicted octanol–water partition coefficient (Wildman–Crippen LogP) is 0.640. The number of nitrogens with one attached hydrogen (secondary N) is 2. The third kappa shape index (κ3) is 5.56. The van der Waals surface area contributed by atoms with Crippen molar-refractivity contribution in [1.82, 2.24) is 15.5 Å². The Kier molecular flexibility index (Phi) is 6.87. The standard InChI is InChI=1S/C17H25N3O3/c1-18-9-10-19-17(22)14-7-11-20(12-8-14)16(21)13-23-15-5-3-2-4-6-15/h2-6,14,18H,7-13H2,1H3,(H,19,22). The highest BCUT2D eigenvalue weighted by atomic mass is 16.5. The fourth-order valence-electron chi connectivity index (χ4n) is 2.60. The van der Waals surface area contributed by atoms with E-state index in [1.807, 2.05) is 37.4 Å². The van der Waals surface area contributed by atoms with Gasteiger partial charge >= 0.3 is 0 Å². The van der Waals surface area contributed by atoms with Crippen LogP contribution in [0.3, 0.4) is 0 Å². The number of rotatable bonds is 7. The Hall–Kier alpha value is -2.08. The van der Waals surface area contributed by atoms with E-state index in [-0.39, 0.29) is 24.3 Å². The maximum atomic E-state index is 12.2. The van der Waals surface area contributed by atoms with E-state index >= 15 is 0 Å². The van der Waals surface area contributed by atoms with Crippen LogP contribution in [0, 0.1) is 5.92 Å². The number of para-hydroxylation sites is 1. The molecule has 1 aromatic rings. The van der Waals surface area contributed by atoms with Crippen molar-refractivity contribution in [2.75, 3.05) is 39.8 Å². The fraction of sp³-hybridized carbons (Fsp3) is 0.529. The second kappa shape index (κ2) is 9.15. The number of likely N-dealkylation sites (tertiary alicyclic amines) is 1. The van der Waals surface area contributed by atoms with Crippen molar-refractivity contribution >= 4 is 11.8 Å². The van der Waals surface area contributed by atoms with Gasteiger partial charge in [0.15, 0.2) is 6.61 Å². The van der Waals surface area contributed by atoms with Gasteiger partial charge < -0.3 is 20.3 Å². The molecule has 0 bridgehead atoms. The lowest BCUT2D eigenvalue weighted by molar-refractivity contribution is -0.137. The molecule has 2 rings (SSSR count). The Morgan fingerprint density at radius 3 is 2.52 bits per heavy atom. The molecule has 126 valence electrons. The summed E-state index contributed by atoms with van der Waals surface area (Å²) in [5.41, 5.74) is 0. The largest absolute Gasteiger partial charge is 0.484 e. The van der Waals surface area contributed by atoms with Crippen LogP contribution in [0.1, 0.15) is 12.8 Å². The molecule has 23 heavy (non-hydrogen) atoms. The van der Waals surface area contributed by atoms with Crippen LogP contribution in [0.2, 0.25) is 0 Å². The lowest BCUT2D eigenvalue weighted by Gasteiger charge is -2.31. The number of ether oxygens (including phenoxy) is 1. The first-order valence-corrected chi connectivity index (χ1v) is 8.08. The van der Waals surface area contributed by atoms with E-state index in [2.05, 4.69) is 10.6 Å². The number of carbonyl (C=O) groups is 2. The molecule has 1 fully saturated rings. The molecule has 0 aromatic heterocycles. The summed E-state index contributed by atoms with van der Waals surface area (Å²) in [6.07, 6.45) is 1.42. The van der Waals surface area contributed by atoms with Crippen LogP contribution in [0.5, 0.6) is 5.75 Å². The average Bonchev–Trinajstić information content (AvgIpc) is 2.61. The van der Waals surface area contributed by atoms with Crippen molar-refractivity contribution in [1.29, 1.82) is 0 Å². The summed E-state index contributed by atoms with van der Waals surface area (Å²) >= 11 is 0. The normalized spacial score (nSPS) is 15.3. The second-order valence-electron chi connectivity index (χ2n) is 5.65. The molecule has 0 aliphatic carbocycles. The molecule has 1 heterocycles. The van der Waals surface area contributed by atoms with E-state index in [0.29, 0.717) is 38.2 Å². The Bertz CT molecular complexity index is 499.